The van der Waals surface area contributed by atoms with Crippen LogP contribution in [0.15, 0.2) is 18.2 Å². The second kappa shape index (κ2) is 9.44. The van der Waals surface area contributed by atoms with E-state index in [2.05, 4.69) is 36.2 Å². The van der Waals surface area contributed by atoms with E-state index >= 15 is 0 Å². The van der Waals surface area contributed by atoms with Gasteiger partial charge in [-0.2, -0.15) is 0 Å². The third-order valence-corrected chi connectivity index (χ3v) is 6.02. The van der Waals surface area contributed by atoms with E-state index < -0.39 is 0 Å². The van der Waals surface area contributed by atoms with Crippen molar-refractivity contribution in [3.05, 3.63) is 29.3 Å². The Labute approximate surface area is 169 Å². The summed E-state index contributed by atoms with van der Waals surface area (Å²) < 4.78 is 0. The lowest BCUT2D eigenvalue weighted by Crippen LogP contribution is -2.47. The molecule has 5 nitrogen and oxygen atoms in total. The lowest BCUT2D eigenvalue weighted by molar-refractivity contribution is -0.127. The van der Waals surface area contributed by atoms with Crippen LogP contribution in [0.4, 0.5) is 5.69 Å². The molecular formula is C23H35N3O2. The van der Waals surface area contributed by atoms with E-state index in [1.54, 1.807) is 0 Å². The fraction of sp³-hybridized carbons (Fsp3) is 0.652. The van der Waals surface area contributed by atoms with Crippen LogP contribution in [0, 0.1) is 12.8 Å². The van der Waals surface area contributed by atoms with Gasteiger partial charge in [0.05, 0.1) is 11.5 Å². The first-order valence-electron chi connectivity index (χ1n) is 10.9. The smallest absolute Gasteiger partial charge is 0.255 e. The van der Waals surface area contributed by atoms with Crippen molar-refractivity contribution < 1.29 is 9.59 Å². The van der Waals surface area contributed by atoms with E-state index in [-0.39, 0.29) is 23.8 Å². The van der Waals surface area contributed by atoms with E-state index in [1.165, 1.54) is 12.8 Å². The van der Waals surface area contributed by atoms with Crippen LogP contribution in [-0.2, 0) is 4.79 Å². The number of hydrogen-bond donors (Lipinski definition) is 1. The molecule has 2 fully saturated rings. The summed E-state index contributed by atoms with van der Waals surface area (Å²) in [6.07, 6.45) is 6.16. The summed E-state index contributed by atoms with van der Waals surface area (Å²) in [7, 11) is 0. The topological polar surface area (TPSA) is 52.7 Å². The number of carbonyl (C=O) groups is 2. The Balaban J connectivity index is 1.72. The number of aryl methyl sites for hydroxylation is 1. The third kappa shape index (κ3) is 4.86. The lowest BCUT2D eigenvalue weighted by Gasteiger charge is -2.34. The van der Waals surface area contributed by atoms with Crippen LogP contribution in [-0.4, -0.2) is 48.9 Å². The molecule has 0 spiro atoms. The second-order valence-corrected chi connectivity index (χ2v) is 8.50. The van der Waals surface area contributed by atoms with Gasteiger partial charge in [-0.3, -0.25) is 9.59 Å². The van der Waals surface area contributed by atoms with Crippen LogP contribution in [0.25, 0.3) is 0 Å². The molecule has 1 aromatic carbocycles. The Kier molecular flexibility index (Phi) is 6.97. The van der Waals surface area contributed by atoms with Crippen LogP contribution in [0.2, 0.25) is 0 Å². The SMILES string of the molecule is CCCC(C)NC(=O)C1CCCN(C(=O)c2cc(C)ccc2N2CCCC2)C1. The predicted octanol–water partition coefficient (Wildman–Crippen LogP) is 3.75. The van der Waals surface area contributed by atoms with Crippen LogP contribution in [0.3, 0.4) is 0 Å². The van der Waals surface area contributed by atoms with E-state index in [4.69, 9.17) is 0 Å². The van der Waals surface area contributed by atoms with Gasteiger partial charge in [-0.1, -0.05) is 25.0 Å². The summed E-state index contributed by atoms with van der Waals surface area (Å²) in [5.74, 6) is 0.0733. The number of hydrogen-bond acceptors (Lipinski definition) is 3. The minimum Gasteiger partial charge on any atom is -0.371 e. The van der Waals surface area contributed by atoms with Gasteiger partial charge in [0.2, 0.25) is 5.91 Å². The number of piperidine rings is 1. The second-order valence-electron chi connectivity index (χ2n) is 8.50. The molecule has 2 heterocycles. The molecule has 0 saturated carbocycles. The van der Waals surface area contributed by atoms with Crippen molar-refractivity contribution in [3.63, 3.8) is 0 Å². The Bertz CT molecular complexity index is 697. The van der Waals surface area contributed by atoms with Crippen LogP contribution < -0.4 is 10.2 Å². The number of benzene rings is 1. The average molecular weight is 386 g/mol. The summed E-state index contributed by atoms with van der Waals surface area (Å²) in [4.78, 5) is 30.3. The molecule has 5 heteroatoms. The first-order chi connectivity index (χ1) is 13.5. The van der Waals surface area contributed by atoms with E-state index in [1.807, 2.05) is 17.9 Å². The Hall–Kier alpha value is -2.04. The van der Waals surface area contributed by atoms with Gasteiger partial charge in [0.25, 0.3) is 5.91 Å². The highest BCUT2D eigenvalue weighted by atomic mass is 16.2. The zero-order valence-corrected chi connectivity index (χ0v) is 17.7. The summed E-state index contributed by atoms with van der Waals surface area (Å²) >= 11 is 0. The molecule has 154 valence electrons. The molecule has 1 N–H and O–H groups in total. The summed E-state index contributed by atoms with van der Waals surface area (Å²) in [6.45, 7) is 9.52. The molecule has 0 aliphatic carbocycles. The van der Waals surface area contributed by atoms with Gasteiger partial charge in [0.1, 0.15) is 0 Å². The Morgan fingerprint density at radius 2 is 1.93 bits per heavy atom. The van der Waals surface area contributed by atoms with E-state index in [9.17, 15) is 9.59 Å². The zero-order chi connectivity index (χ0) is 20.1. The monoisotopic (exact) mass is 385 g/mol. The number of anilines is 1. The average Bonchev–Trinajstić information content (AvgIpc) is 3.22. The molecular weight excluding hydrogens is 350 g/mol. The first kappa shape index (κ1) is 20.7. The number of likely N-dealkylation sites (tertiary alicyclic amines) is 1. The van der Waals surface area contributed by atoms with Crippen molar-refractivity contribution >= 4 is 17.5 Å². The minimum atomic E-state index is -0.1000. The number of carbonyl (C=O) groups excluding carboxylic acids is 2. The molecule has 2 atom stereocenters. The first-order valence-corrected chi connectivity index (χ1v) is 10.9. The van der Waals surface area contributed by atoms with Crippen LogP contribution in [0.5, 0.6) is 0 Å². The Morgan fingerprint density at radius 1 is 1.18 bits per heavy atom. The molecule has 0 aromatic heterocycles. The van der Waals surface area contributed by atoms with Gasteiger partial charge < -0.3 is 15.1 Å². The van der Waals surface area contributed by atoms with Crippen LogP contribution in [0.1, 0.15) is 68.3 Å². The molecule has 0 bridgehead atoms. The highest BCUT2D eigenvalue weighted by Gasteiger charge is 2.31. The number of rotatable bonds is 6. The molecule has 2 aliphatic rings. The quantitative estimate of drug-likeness (QED) is 0.811. The van der Waals surface area contributed by atoms with Gasteiger partial charge >= 0.3 is 0 Å². The maximum atomic E-state index is 13.4. The van der Waals surface area contributed by atoms with Gasteiger partial charge in [-0.25, -0.2) is 0 Å². The molecule has 2 unspecified atom stereocenters. The van der Waals surface area contributed by atoms with Crippen molar-refractivity contribution in [2.24, 2.45) is 5.92 Å². The maximum absolute atomic E-state index is 13.4. The summed E-state index contributed by atoms with van der Waals surface area (Å²) in [5.41, 5.74) is 2.95. The summed E-state index contributed by atoms with van der Waals surface area (Å²) in [5, 5.41) is 3.13. The fourth-order valence-electron chi connectivity index (χ4n) is 4.47. The molecule has 2 amide bonds. The van der Waals surface area contributed by atoms with Crippen molar-refractivity contribution in [2.45, 2.75) is 65.3 Å². The highest BCUT2D eigenvalue weighted by molar-refractivity contribution is 6.00. The van der Waals surface area contributed by atoms with Gasteiger partial charge in [0.15, 0.2) is 0 Å². The minimum absolute atomic E-state index is 0.0738. The van der Waals surface area contributed by atoms with Crippen molar-refractivity contribution in [3.8, 4) is 0 Å². The molecule has 3 rings (SSSR count). The molecule has 2 saturated heterocycles. The van der Waals surface area contributed by atoms with Crippen molar-refractivity contribution in [1.82, 2.24) is 10.2 Å². The standard InChI is InChI=1S/C23H35N3O2/c1-4-8-18(3)24-22(27)19-9-7-14-26(16-19)23(28)20-15-17(2)10-11-21(20)25-12-5-6-13-25/h10-11,15,18-19H,4-9,12-14,16H2,1-3H3,(H,24,27). The normalized spacial score (nSPS) is 20.9. The van der Waals surface area contributed by atoms with Crippen LogP contribution >= 0.6 is 0 Å². The van der Waals surface area contributed by atoms with Gasteiger partial charge in [-0.15, -0.1) is 0 Å². The fourth-order valence-corrected chi connectivity index (χ4v) is 4.47. The van der Waals surface area contributed by atoms with E-state index in [0.717, 1.165) is 62.1 Å². The number of nitrogens with zero attached hydrogens (tertiary/aromatic N) is 2. The van der Waals surface area contributed by atoms with Gasteiger partial charge in [-0.05, 0) is 58.1 Å². The van der Waals surface area contributed by atoms with Crippen molar-refractivity contribution in [1.29, 1.82) is 0 Å². The summed E-state index contributed by atoms with van der Waals surface area (Å²) in [6, 6.07) is 6.39. The molecule has 0 radical (unpaired) electrons. The van der Waals surface area contributed by atoms with E-state index in [0.29, 0.717) is 6.54 Å². The maximum Gasteiger partial charge on any atom is 0.255 e. The van der Waals surface area contributed by atoms with Crippen molar-refractivity contribution in [2.75, 3.05) is 31.1 Å². The lowest BCUT2D eigenvalue weighted by atomic mass is 9.95. The number of nitrogens with one attached hydrogen (secondary N) is 1. The molecule has 2 aliphatic heterocycles. The third-order valence-electron chi connectivity index (χ3n) is 6.02. The largest absolute Gasteiger partial charge is 0.371 e. The van der Waals surface area contributed by atoms with Gasteiger partial charge in [0, 0.05) is 37.9 Å². The number of amides is 2. The molecule has 28 heavy (non-hydrogen) atoms. The highest BCUT2D eigenvalue weighted by Crippen LogP contribution is 2.28. The molecule has 1 aromatic rings. The Morgan fingerprint density at radius 3 is 2.64 bits per heavy atom. The zero-order valence-electron chi connectivity index (χ0n) is 17.7. The predicted molar refractivity (Wildman–Crippen MR) is 114 cm³/mol.